The van der Waals surface area contributed by atoms with Crippen molar-refractivity contribution in [2.24, 2.45) is 40.7 Å². The zero-order chi connectivity index (χ0) is 113. The monoisotopic (exact) mass is 2280 g/mol. The van der Waals surface area contributed by atoms with E-state index in [4.69, 9.17) is 22.9 Å². The molecule has 21 N–H and O–H groups in total. The lowest BCUT2D eigenvalue weighted by Crippen LogP contribution is -2.56. The molecule has 0 saturated heterocycles. The van der Waals surface area contributed by atoms with Gasteiger partial charge in [-0.2, -0.15) is 34.4 Å². The molecule has 1 aromatic heterocycles. The number of nitrogens with one attached hydrogen (secondary N) is 9. The van der Waals surface area contributed by atoms with E-state index in [1.807, 2.05) is 0 Å². The molecular formula is C90H153N21O31S8. The Hall–Kier alpha value is -9.71. The molecule has 150 heavy (non-hydrogen) atoms. The van der Waals surface area contributed by atoms with Crippen LogP contribution in [0.25, 0.3) is 10.9 Å². The molecule has 0 saturated carbocycles. The van der Waals surface area contributed by atoms with Gasteiger partial charge in [0.2, 0.25) is 127 Å². The van der Waals surface area contributed by atoms with Crippen LogP contribution < -0.4 is 65.5 Å². The molecule has 60 heteroatoms. The number of fused-ring (bicyclic) bond motifs is 1. The maximum atomic E-state index is 15.1. The number of carboxylic acid groups (broad SMARTS) is 2. The minimum absolute atomic E-state index is 0.0142. The van der Waals surface area contributed by atoms with Gasteiger partial charge in [-0.05, 0) is 137 Å². The Morgan fingerprint density at radius 1 is 0.340 bits per heavy atom. The van der Waals surface area contributed by atoms with E-state index in [1.54, 1.807) is 44.3 Å². The van der Waals surface area contributed by atoms with Gasteiger partial charge < -0.3 is 90.9 Å². The Kier molecular flexibility index (Phi) is 54.8. The van der Waals surface area contributed by atoms with Gasteiger partial charge in [0.15, 0.2) is 0 Å². The predicted molar refractivity (Wildman–Crippen MR) is 562 cm³/mol. The Labute approximate surface area is 880 Å². The van der Waals surface area contributed by atoms with Crippen molar-refractivity contribution >= 4 is 156 Å². The quantitative estimate of drug-likeness (QED) is 0.0184. The van der Waals surface area contributed by atoms with E-state index in [0.717, 1.165) is 36.9 Å². The van der Waals surface area contributed by atoms with Crippen LogP contribution in [0, 0.1) is 17.8 Å². The van der Waals surface area contributed by atoms with Crippen LogP contribution in [0.1, 0.15) is 130 Å². The first kappa shape index (κ1) is 133. The van der Waals surface area contributed by atoms with E-state index >= 15 is 9.59 Å². The number of phenolic OH excluding ortho intramolecular Hbond substituents is 2. The number of hydrogen-bond acceptors (Lipinski definition) is 33. The van der Waals surface area contributed by atoms with Gasteiger partial charge in [0.05, 0.1) is 99.9 Å². The molecule has 3 aromatic carbocycles. The minimum atomic E-state index is -4.76. The summed E-state index contributed by atoms with van der Waals surface area (Å²) in [6.45, 7) is -1.74. The van der Waals surface area contributed by atoms with Crippen LogP contribution in [0.2, 0.25) is 0 Å². The molecule has 0 unspecified atom stereocenters. The number of carboxylic acids is 2. The number of sulfonamides is 8. The second kappa shape index (κ2) is 62.0. The highest BCUT2D eigenvalue weighted by Crippen LogP contribution is 2.25. The zero-order valence-electron chi connectivity index (χ0n) is 86.8. The lowest BCUT2D eigenvalue weighted by molar-refractivity contribution is -0.138. The Morgan fingerprint density at radius 3 is 0.993 bits per heavy atom. The third kappa shape index (κ3) is 50.5. The molecule has 0 aliphatic heterocycles. The fourth-order valence-corrected chi connectivity index (χ4v) is 26.2. The zero-order valence-corrected chi connectivity index (χ0v) is 93.3. The SMILES string of the molecule is CC(=O)CN(C[C@H](C)NC(=O)CN(C[C@H](Cc1ccc(O)cc1)NC(=O)CN(C[C@H](CCCCN)NC(=O)CN(C[C@H](Cc1ccc(O)cc1)NC(=O)CN(C[C@H](CCC(=O)O)NC(=O)CN(C[C@H](Cc1c[nH]c2ccccc12)NC(=O)CN(C[C@H](CC(C)C)NC(=O)CN(C[C@H](CCC(=O)O)NC(C)=O)S(=O)(=O)CCN)S(=O)(=O)CCN)S(=O)(=O)CC(C)C)S(=O)(=O)CC(C)C)S(=O)(=O)CCN)S(C)(=O)=O)S(C)(=O)=O)S(C)(=O)=O. The number of H-pyrrole nitrogens is 1. The summed E-state index contributed by atoms with van der Waals surface area (Å²) in [5.74, 6) is -17.4. The largest absolute Gasteiger partial charge is 0.508 e. The molecule has 0 fully saturated rings. The van der Waals surface area contributed by atoms with E-state index in [2.05, 4.69) is 47.5 Å². The van der Waals surface area contributed by atoms with Crippen molar-refractivity contribution in [1.29, 1.82) is 0 Å². The number of rotatable bonds is 76. The number of nitrogens with zero attached hydrogens (tertiary/aromatic N) is 8. The number of carbonyl (C=O) groups excluding carboxylic acids is 9. The van der Waals surface area contributed by atoms with Crippen LogP contribution in [-0.4, -0.2) is 419 Å². The van der Waals surface area contributed by atoms with Gasteiger partial charge in [-0.25, -0.2) is 67.3 Å². The number of carbonyl (C=O) groups is 11. The molecule has 8 amide bonds. The molecule has 0 aliphatic carbocycles. The van der Waals surface area contributed by atoms with Crippen LogP contribution in [0.3, 0.4) is 0 Å². The smallest absolute Gasteiger partial charge is 0.303 e. The van der Waals surface area contributed by atoms with Gasteiger partial charge >= 0.3 is 11.9 Å². The fraction of sp³-hybridized carbons (Fsp3) is 0.656. The molecule has 52 nitrogen and oxygen atoms in total. The van der Waals surface area contributed by atoms with E-state index in [9.17, 15) is 131 Å². The topological polar surface area (TPSA) is 784 Å². The standard InChI is InChI=1S/C90H153N21O31S8/c1-62(2)39-74(100-86(120)56-107(146(133,134)36-33-92)47-72(97-67(9)113)24-30-89(123)124)50-108(147(135,136)37-34-93)57-87(121)103-77(42-70-43-95-81-19-14-13-18-80(70)81)52-111(150(141,142)61-64(5)6)58-85(119)99-73(25-31-90(125)126)48-110(149(139,140)60-63(3)4)59-88(122)102-76(41-69-22-28-79(115)29-23-69)51-109(148(137,138)38-35-94)55-84(118)98-71(17-15-16-32-91)46-105(144(11,129)130)54-83(117)101-75(40-68-20-26-78(114)27-21-68)49-106(145(12,131)132)53-82(116)96-65(7)44-104(45-66(8)112)143(10,127)128/h13-14,18-23,26-29,43,62-65,71-77,95,114-115H,15-17,24-25,30-42,44-61,91-94H2,1-12H3,(H,96,116)(H,97,113)(H,98,118)(H,99,119)(H,100,120)(H,101,117)(H,102,122)(H,103,121)(H,123,124)(H,125,126)/t65-,71-,72-,73-,74-,75-,76-,77-/m0/s1. The summed E-state index contributed by atoms with van der Waals surface area (Å²) in [6, 6.07) is 7.06. The number of nitrogens with two attached hydrogens (primary N) is 4. The van der Waals surface area contributed by atoms with Crippen molar-refractivity contribution in [2.45, 2.75) is 181 Å². The number of aromatic amines is 1. The van der Waals surface area contributed by atoms with Crippen molar-refractivity contribution in [1.82, 2.24) is 82.0 Å². The van der Waals surface area contributed by atoms with Gasteiger partial charge in [0.1, 0.15) is 17.3 Å². The van der Waals surface area contributed by atoms with Gasteiger partial charge in [-0.15, -0.1) is 0 Å². The molecule has 0 spiro atoms. The predicted octanol–water partition coefficient (Wildman–Crippen LogP) is -4.85. The third-order valence-electron chi connectivity index (χ3n) is 22.8. The summed E-state index contributed by atoms with van der Waals surface area (Å²) in [7, 11) is -36.1. The number of aliphatic carboxylic acids is 2. The first-order valence-corrected chi connectivity index (χ1v) is 62.1. The number of amides is 8. The first-order valence-electron chi connectivity index (χ1n) is 48.5. The van der Waals surface area contributed by atoms with Gasteiger partial charge in [0.25, 0.3) is 0 Å². The fourth-order valence-electron chi connectivity index (χ4n) is 16.3. The number of unbranched alkanes of at least 4 members (excludes halogenated alkanes) is 1. The molecule has 0 radical (unpaired) electrons. The second-order valence-electron chi connectivity index (χ2n) is 38.5. The summed E-state index contributed by atoms with van der Waals surface area (Å²) in [6.07, 6.45) is 1.19. The van der Waals surface area contributed by atoms with Crippen molar-refractivity contribution in [2.75, 3.05) is 178 Å². The number of benzene rings is 3. The Balaban J connectivity index is 1.78. The number of aromatic nitrogens is 1. The van der Waals surface area contributed by atoms with E-state index in [1.165, 1.54) is 83.1 Å². The molecule has 1 heterocycles. The summed E-state index contributed by atoms with van der Waals surface area (Å²) in [5, 5.41) is 61.6. The second-order valence-corrected chi connectivity index (χ2v) is 54.8. The van der Waals surface area contributed by atoms with Crippen molar-refractivity contribution in [3.05, 3.63) is 95.7 Å². The molecule has 4 rings (SSSR count). The average Bonchev–Trinajstić information content (AvgIpc) is 1.57. The molecule has 0 bridgehead atoms. The van der Waals surface area contributed by atoms with Crippen molar-refractivity contribution in [3.8, 4) is 11.5 Å². The van der Waals surface area contributed by atoms with Crippen LogP contribution in [0.4, 0.5) is 0 Å². The van der Waals surface area contributed by atoms with Crippen LogP contribution in [0.5, 0.6) is 11.5 Å². The third-order valence-corrected chi connectivity index (χ3v) is 36.2. The van der Waals surface area contributed by atoms with E-state index in [0.29, 0.717) is 57.7 Å². The molecule has 0 aliphatic rings. The molecular weight excluding hydrogens is 2130 g/mol. The minimum Gasteiger partial charge on any atom is -0.508 e. The highest BCUT2D eigenvalue weighted by atomic mass is 32.2. The highest BCUT2D eigenvalue weighted by Gasteiger charge is 2.40. The van der Waals surface area contributed by atoms with E-state index < -0.39 is 378 Å². The summed E-state index contributed by atoms with van der Waals surface area (Å²) >= 11 is 0. The normalized spacial score (nSPS) is 14.4. The summed E-state index contributed by atoms with van der Waals surface area (Å²) in [4.78, 5) is 153. The number of ketones is 1. The van der Waals surface area contributed by atoms with Crippen LogP contribution in [-0.2, 0) is 152 Å². The highest BCUT2D eigenvalue weighted by molar-refractivity contribution is 7.90. The van der Waals surface area contributed by atoms with Crippen molar-refractivity contribution < 1.29 is 141 Å². The molecule has 852 valence electrons. The lowest BCUT2D eigenvalue weighted by Gasteiger charge is -2.32. The number of aromatic hydroxyl groups is 2. The molecule has 8 atom stereocenters. The number of hydrogen-bond donors (Lipinski definition) is 17. The van der Waals surface area contributed by atoms with Gasteiger partial charge in [-0.1, -0.05) is 90.4 Å². The first-order chi connectivity index (χ1) is 69.5. The van der Waals surface area contributed by atoms with Crippen LogP contribution >= 0.6 is 0 Å². The number of phenols is 2. The lowest BCUT2D eigenvalue weighted by atomic mass is 10.0. The number of para-hydroxylation sites is 1. The van der Waals surface area contributed by atoms with Crippen LogP contribution in [0.15, 0.2) is 79.0 Å². The average molecular weight is 2280 g/mol. The maximum Gasteiger partial charge on any atom is 0.303 e. The number of Topliss-reactive ketones (excluding diaryl/α,β-unsaturated/α-hetero) is 1. The summed E-state index contributed by atoms with van der Waals surface area (Å²) in [5.41, 5.74) is 24.9. The Bertz CT molecular complexity index is 6120. The van der Waals surface area contributed by atoms with E-state index in [-0.39, 0.29) is 75.3 Å². The summed E-state index contributed by atoms with van der Waals surface area (Å²) < 4.78 is 230. The van der Waals surface area contributed by atoms with Crippen molar-refractivity contribution in [3.63, 3.8) is 0 Å². The van der Waals surface area contributed by atoms with Gasteiger partial charge in [0, 0.05) is 157 Å². The maximum absolute atomic E-state index is 15.1. The van der Waals surface area contributed by atoms with Gasteiger partial charge in [-0.3, -0.25) is 52.7 Å². The Morgan fingerprint density at radius 2 is 0.647 bits per heavy atom. The molecule has 4 aromatic rings.